The zero-order chi connectivity index (χ0) is 9.42. The van der Waals surface area contributed by atoms with Crippen molar-refractivity contribution in [3.8, 4) is 5.75 Å². The second-order valence-electron chi connectivity index (χ2n) is 2.64. The molecule has 0 saturated carbocycles. The smallest absolute Gasteiger partial charge is 0.153 e. The first kappa shape index (κ1) is 8.19. The highest BCUT2D eigenvalue weighted by Crippen LogP contribution is 2.30. The van der Waals surface area contributed by atoms with Gasteiger partial charge in [-0.2, -0.15) is 5.10 Å². The summed E-state index contributed by atoms with van der Waals surface area (Å²) in [5.41, 5.74) is 6.42. The van der Waals surface area contributed by atoms with Gasteiger partial charge in [-0.05, 0) is 12.1 Å². The number of hydrogen-bond donors (Lipinski definition) is 2. The van der Waals surface area contributed by atoms with E-state index in [1.54, 1.807) is 19.2 Å². The van der Waals surface area contributed by atoms with E-state index in [-0.39, 0.29) is 0 Å². The van der Waals surface area contributed by atoms with Gasteiger partial charge in [0.2, 0.25) is 0 Å². The third-order valence-corrected chi connectivity index (χ3v) is 2.16. The Hall–Kier alpha value is -1.42. The number of nitrogen functional groups attached to an aromatic ring is 1. The molecule has 0 atom stereocenters. The zero-order valence-electron chi connectivity index (χ0n) is 6.97. The number of nitrogens with zero attached hydrogens (tertiary/aromatic N) is 1. The topological polar surface area (TPSA) is 63.9 Å². The van der Waals surface area contributed by atoms with E-state index in [1.165, 1.54) is 0 Å². The Morgan fingerprint density at radius 1 is 1.54 bits per heavy atom. The van der Waals surface area contributed by atoms with Gasteiger partial charge in [0.1, 0.15) is 5.75 Å². The van der Waals surface area contributed by atoms with Crippen LogP contribution in [0.1, 0.15) is 0 Å². The number of nitrogens with two attached hydrogens (primary N) is 1. The number of halogens is 1. The molecule has 13 heavy (non-hydrogen) atoms. The Bertz CT molecular complexity index is 452. The summed E-state index contributed by atoms with van der Waals surface area (Å²) >= 11 is 5.90. The number of benzene rings is 1. The SMILES string of the molecule is COc1cc2c(N)n[nH]c2cc1Cl. The second kappa shape index (κ2) is 2.81. The Kier molecular flexibility index (Phi) is 1.77. The van der Waals surface area contributed by atoms with E-state index in [2.05, 4.69) is 10.2 Å². The molecule has 1 aromatic heterocycles. The lowest BCUT2D eigenvalue weighted by Crippen LogP contribution is -1.86. The molecular weight excluding hydrogens is 190 g/mol. The lowest BCUT2D eigenvalue weighted by atomic mass is 10.2. The number of hydrogen-bond acceptors (Lipinski definition) is 3. The fourth-order valence-electron chi connectivity index (χ4n) is 1.19. The predicted molar refractivity (Wildman–Crippen MR) is 52.1 cm³/mol. The van der Waals surface area contributed by atoms with Crippen LogP contribution < -0.4 is 10.5 Å². The van der Waals surface area contributed by atoms with Crippen LogP contribution in [0.25, 0.3) is 10.9 Å². The van der Waals surface area contributed by atoms with E-state index in [4.69, 9.17) is 22.1 Å². The summed E-state index contributed by atoms with van der Waals surface area (Å²) in [6, 6.07) is 3.50. The quantitative estimate of drug-likeness (QED) is 0.733. The number of aromatic amines is 1. The fourth-order valence-corrected chi connectivity index (χ4v) is 1.44. The molecular formula is C8H8ClN3O. The zero-order valence-corrected chi connectivity index (χ0v) is 7.72. The molecule has 4 nitrogen and oxygen atoms in total. The van der Waals surface area contributed by atoms with E-state index >= 15 is 0 Å². The van der Waals surface area contributed by atoms with Crippen LogP contribution in [0.2, 0.25) is 5.02 Å². The first-order chi connectivity index (χ1) is 6.22. The van der Waals surface area contributed by atoms with Gasteiger partial charge in [-0.3, -0.25) is 5.10 Å². The minimum absolute atomic E-state index is 0.449. The minimum Gasteiger partial charge on any atom is -0.495 e. The number of fused-ring (bicyclic) bond motifs is 1. The lowest BCUT2D eigenvalue weighted by molar-refractivity contribution is 0.415. The van der Waals surface area contributed by atoms with Gasteiger partial charge in [0.25, 0.3) is 0 Å². The molecule has 1 heterocycles. The van der Waals surface area contributed by atoms with Crippen LogP contribution in [-0.4, -0.2) is 17.3 Å². The van der Waals surface area contributed by atoms with Crippen molar-refractivity contribution in [2.75, 3.05) is 12.8 Å². The number of H-pyrrole nitrogens is 1. The molecule has 3 N–H and O–H groups in total. The Labute approximate surface area is 79.6 Å². The van der Waals surface area contributed by atoms with E-state index in [0.717, 1.165) is 10.9 Å². The van der Waals surface area contributed by atoms with Gasteiger partial charge in [0.15, 0.2) is 5.82 Å². The molecule has 5 heteroatoms. The molecule has 0 radical (unpaired) electrons. The van der Waals surface area contributed by atoms with Crippen molar-refractivity contribution in [1.82, 2.24) is 10.2 Å². The van der Waals surface area contributed by atoms with E-state index < -0.39 is 0 Å². The summed E-state index contributed by atoms with van der Waals surface area (Å²) in [4.78, 5) is 0. The molecule has 1 aromatic carbocycles. The van der Waals surface area contributed by atoms with Crippen molar-refractivity contribution in [2.45, 2.75) is 0 Å². The Balaban J connectivity index is 2.77. The molecule has 0 spiro atoms. The Morgan fingerprint density at radius 3 is 3.00 bits per heavy atom. The molecule has 0 amide bonds. The van der Waals surface area contributed by atoms with Gasteiger partial charge < -0.3 is 10.5 Å². The molecule has 68 valence electrons. The number of methoxy groups -OCH3 is 1. The van der Waals surface area contributed by atoms with Gasteiger partial charge in [-0.1, -0.05) is 11.6 Å². The van der Waals surface area contributed by atoms with Crippen LogP contribution in [0.5, 0.6) is 5.75 Å². The third-order valence-electron chi connectivity index (χ3n) is 1.86. The lowest BCUT2D eigenvalue weighted by Gasteiger charge is -2.01. The molecule has 0 fully saturated rings. The molecule has 0 saturated heterocycles. The summed E-state index contributed by atoms with van der Waals surface area (Å²) in [5.74, 6) is 1.05. The first-order valence-corrected chi connectivity index (χ1v) is 4.07. The van der Waals surface area contributed by atoms with E-state index in [0.29, 0.717) is 16.6 Å². The van der Waals surface area contributed by atoms with Crippen molar-refractivity contribution in [3.05, 3.63) is 17.2 Å². The van der Waals surface area contributed by atoms with E-state index in [1.807, 2.05) is 0 Å². The van der Waals surface area contributed by atoms with Crippen LogP contribution in [0.15, 0.2) is 12.1 Å². The average Bonchev–Trinajstić information content (AvgIpc) is 2.46. The monoisotopic (exact) mass is 197 g/mol. The average molecular weight is 198 g/mol. The predicted octanol–water partition coefficient (Wildman–Crippen LogP) is 1.81. The molecule has 0 aliphatic heterocycles. The van der Waals surface area contributed by atoms with Crippen LogP contribution in [0.3, 0.4) is 0 Å². The second-order valence-corrected chi connectivity index (χ2v) is 3.05. The maximum absolute atomic E-state index is 5.90. The summed E-state index contributed by atoms with van der Waals surface area (Å²) in [7, 11) is 1.56. The van der Waals surface area contributed by atoms with Crippen molar-refractivity contribution >= 4 is 28.3 Å². The molecule has 0 aliphatic carbocycles. The summed E-state index contributed by atoms with van der Waals surface area (Å²) in [5, 5.41) is 7.98. The molecule has 2 aromatic rings. The molecule has 0 unspecified atom stereocenters. The molecule has 2 rings (SSSR count). The van der Waals surface area contributed by atoms with Gasteiger partial charge >= 0.3 is 0 Å². The van der Waals surface area contributed by atoms with Crippen molar-refractivity contribution in [3.63, 3.8) is 0 Å². The van der Waals surface area contributed by atoms with Gasteiger partial charge in [-0.25, -0.2) is 0 Å². The summed E-state index contributed by atoms with van der Waals surface area (Å²) < 4.78 is 5.05. The number of aromatic nitrogens is 2. The van der Waals surface area contributed by atoms with Crippen molar-refractivity contribution in [1.29, 1.82) is 0 Å². The summed E-state index contributed by atoms with van der Waals surface area (Å²) in [6.07, 6.45) is 0. The minimum atomic E-state index is 0.449. The van der Waals surface area contributed by atoms with Gasteiger partial charge in [0.05, 0.1) is 17.6 Å². The van der Waals surface area contributed by atoms with Crippen LogP contribution in [0.4, 0.5) is 5.82 Å². The maximum atomic E-state index is 5.90. The highest BCUT2D eigenvalue weighted by atomic mass is 35.5. The molecule has 0 aliphatic rings. The third kappa shape index (κ3) is 1.19. The highest BCUT2D eigenvalue weighted by molar-refractivity contribution is 6.32. The number of ether oxygens (including phenoxy) is 1. The van der Waals surface area contributed by atoms with Crippen molar-refractivity contribution in [2.24, 2.45) is 0 Å². The summed E-state index contributed by atoms with van der Waals surface area (Å²) in [6.45, 7) is 0. The first-order valence-electron chi connectivity index (χ1n) is 3.69. The standard InChI is InChI=1S/C8H8ClN3O/c1-13-7-2-4-6(3-5(7)9)11-12-8(4)10/h2-3H,1H3,(H3,10,11,12). The largest absolute Gasteiger partial charge is 0.495 e. The fraction of sp³-hybridized carbons (Fsp3) is 0.125. The van der Waals surface area contributed by atoms with Crippen LogP contribution >= 0.6 is 11.6 Å². The number of rotatable bonds is 1. The number of anilines is 1. The van der Waals surface area contributed by atoms with Gasteiger partial charge in [-0.15, -0.1) is 0 Å². The van der Waals surface area contributed by atoms with Gasteiger partial charge in [0, 0.05) is 5.39 Å². The van der Waals surface area contributed by atoms with Crippen molar-refractivity contribution < 1.29 is 4.74 Å². The molecule has 0 bridgehead atoms. The number of nitrogens with one attached hydrogen (secondary N) is 1. The highest BCUT2D eigenvalue weighted by Gasteiger charge is 2.07. The Morgan fingerprint density at radius 2 is 2.31 bits per heavy atom. The van der Waals surface area contributed by atoms with Crippen LogP contribution in [-0.2, 0) is 0 Å². The normalized spacial score (nSPS) is 10.6. The maximum Gasteiger partial charge on any atom is 0.153 e. The van der Waals surface area contributed by atoms with Crippen LogP contribution in [0, 0.1) is 0 Å². The van der Waals surface area contributed by atoms with E-state index in [9.17, 15) is 0 Å².